The van der Waals surface area contributed by atoms with Crippen molar-refractivity contribution < 1.29 is 0 Å². The van der Waals surface area contributed by atoms with Crippen molar-refractivity contribution in [1.29, 1.82) is 0 Å². The van der Waals surface area contributed by atoms with Crippen LogP contribution in [-0.2, 0) is 0 Å². The Bertz CT molecular complexity index is 433. The second kappa shape index (κ2) is 2.48. The molecular weight excluding hydrogens is 218 g/mol. The Balaban J connectivity index is 2.88. The van der Waals surface area contributed by atoms with Crippen LogP contribution in [0.15, 0.2) is 22.9 Å². The molecule has 2 N–H and O–H groups in total. The zero-order valence-electron chi connectivity index (χ0n) is 6.58. The van der Waals surface area contributed by atoms with Gasteiger partial charge in [-0.05, 0) is 35.0 Å². The van der Waals surface area contributed by atoms with Gasteiger partial charge in [-0.15, -0.1) is 0 Å². The molecule has 0 aromatic carbocycles. The Labute approximate surface area is 78.3 Å². The van der Waals surface area contributed by atoms with E-state index in [1.165, 1.54) is 0 Å². The molecule has 0 radical (unpaired) electrons. The summed E-state index contributed by atoms with van der Waals surface area (Å²) in [5.41, 5.74) is 8.25. The number of nitrogen functional groups attached to an aromatic ring is 1. The molecule has 0 saturated heterocycles. The first-order valence-corrected chi connectivity index (χ1v) is 4.37. The van der Waals surface area contributed by atoms with Gasteiger partial charge in [-0.25, -0.2) is 4.98 Å². The number of rotatable bonds is 0. The predicted molar refractivity (Wildman–Crippen MR) is 52.0 cm³/mol. The van der Waals surface area contributed by atoms with Gasteiger partial charge in [-0.3, -0.25) is 4.40 Å². The molecule has 0 aliphatic carbocycles. The molecule has 2 aromatic heterocycles. The normalized spacial score (nSPS) is 10.8. The molecule has 2 heterocycles. The highest BCUT2D eigenvalue weighted by molar-refractivity contribution is 9.10. The summed E-state index contributed by atoms with van der Waals surface area (Å²) < 4.78 is 2.88. The summed E-state index contributed by atoms with van der Waals surface area (Å²) in [5, 5.41) is 0. The maximum Gasteiger partial charge on any atom is 0.138 e. The van der Waals surface area contributed by atoms with E-state index in [0.717, 1.165) is 21.6 Å². The number of nitrogens with zero attached hydrogens (tertiary/aromatic N) is 2. The van der Waals surface area contributed by atoms with Crippen molar-refractivity contribution in [3.8, 4) is 0 Å². The average Bonchev–Trinajstić information content (AvgIpc) is 2.31. The maximum absolute atomic E-state index is 5.63. The number of hydrogen-bond donors (Lipinski definition) is 1. The van der Waals surface area contributed by atoms with Gasteiger partial charge in [0, 0.05) is 11.9 Å². The highest BCUT2D eigenvalue weighted by Gasteiger charge is 2.04. The minimum atomic E-state index is 0.737. The first kappa shape index (κ1) is 7.61. The monoisotopic (exact) mass is 225 g/mol. The molecule has 2 rings (SSSR count). The summed E-state index contributed by atoms with van der Waals surface area (Å²) in [5.74, 6) is 0. The number of anilines is 1. The van der Waals surface area contributed by atoms with E-state index in [-0.39, 0.29) is 0 Å². The second-order valence-corrected chi connectivity index (χ2v) is 3.43. The lowest BCUT2D eigenvalue weighted by molar-refractivity contribution is 1.15. The van der Waals surface area contributed by atoms with E-state index < -0.39 is 0 Å². The van der Waals surface area contributed by atoms with Crippen LogP contribution in [0.5, 0.6) is 0 Å². The van der Waals surface area contributed by atoms with E-state index in [2.05, 4.69) is 20.9 Å². The highest BCUT2D eigenvalue weighted by atomic mass is 79.9. The number of hydrogen-bond acceptors (Lipinski definition) is 2. The molecule has 3 nitrogen and oxygen atoms in total. The molecular formula is C8H8BrN3. The van der Waals surface area contributed by atoms with Crippen molar-refractivity contribution >= 4 is 27.3 Å². The van der Waals surface area contributed by atoms with Crippen molar-refractivity contribution in [2.24, 2.45) is 0 Å². The van der Waals surface area contributed by atoms with Gasteiger partial charge in [0.1, 0.15) is 10.3 Å². The minimum Gasteiger partial charge on any atom is -0.398 e. The molecule has 0 fully saturated rings. The van der Waals surface area contributed by atoms with Gasteiger partial charge < -0.3 is 5.73 Å². The Hall–Kier alpha value is -1.03. The lowest BCUT2D eigenvalue weighted by Crippen LogP contribution is -1.89. The van der Waals surface area contributed by atoms with E-state index in [4.69, 9.17) is 5.73 Å². The number of pyridine rings is 1. The second-order valence-electron chi connectivity index (χ2n) is 2.68. The van der Waals surface area contributed by atoms with Gasteiger partial charge in [0.25, 0.3) is 0 Å². The fourth-order valence-electron chi connectivity index (χ4n) is 1.15. The van der Waals surface area contributed by atoms with Gasteiger partial charge in [-0.2, -0.15) is 0 Å². The Morgan fingerprint density at radius 1 is 1.50 bits per heavy atom. The maximum atomic E-state index is 5.63. The Kier molecular flexibility index (Phi) is 1.58. The lowest BCUT2D eigenvalue weighted by atomic mass is 10.4. The van der Waals surface area contributed by atoms with Crippen LogP contribution in [0, 0.1) is 6.92 Å². The molecule has 62 valence electrons. The number of imidazole rings is 1. The summed E-state index contributed by atoms with van der Waals surface area (Å²) in [6, 6.07) is 3.74. The van der Waals surface area contributed by atoms with E-state index in [1.54, 1.807) is 0 Å². The molecule has 4 heteroatoms. The zero-order chi connectivity index (χ0) is 8.72. The Morgan fingerprint density at radius 2 is 2.25 bits per heavy atom. The molecule has 0 amide bonds. The fourth-order valence-corrected chi connectivity index (χ4v) is 1.52. The van der Waals surface area contributed by atoms with Crippen LogP contribution in [0.25, 0.3) is 5.65 Å². The van der Waals surface area contributed by atoms with E-state index in [0.29, 0.717) is 0 Å². The number of fused-ring (bicyclic) bond motifs is 1. The van der Waals surface area contributed by atoms with Gasteiger partial charge in [0.15, 0.2) is 0 Å². The third-order valence-corrected chi connectivity index (χ3v) is 2.70. The zero-order valence-corrected chi connectivity index (χ0v) is 8.17. The SMILES string of the molecule is Cc1nc2ccc(N)cn2c1Br. The largest absolute Gasteiger partial charge is 0.398 e. The molecule has 12 heavy (non-hydrogen) atoms. The standard InChI is InChI=1S/C8H8BrN3/c1-5-8(9)12-4-6(10)2-3-7(12)11-5/h2-4H,10H2,1H3. The molecule has 0 saturated carbocycles. The van der Waals surface area contributed by atoms with Crippen LogP contribution in [-0.4, -0.2) is 9.38 Å². The quantitative estimate of drug-likeness (QED) is 0.746. The summed E-state index contributed by atoms with van der Waals surface area (Å²) in [7, 11) is 0. The topological polar surface area (TPSA) is 43.3 Å². The number of nitrogens with two attached hydrogens (primary N) is 1. The van der Waals surface area contributed by atoms with Crippen molar-refractivity contribution in [1.82, 2.24) is 9.38 Å². The first-order valence-electron chi connectivity index (χ1n) is 3.58. The van der Waals surface area contributed by atoms with Crippen LogP contribution in [0.2, 0.25) is 0 Å². The Morgan fingerprint density at radius 3 is 3.00 bits per heavy atom. The molecule has 0 bridgehead atoms. The smallest absolute Gasteiger partial charge is 0.138 e. The van der Waals surface area contributed by atoms with E-state index >= 15 is 0 Å². The third-order valence-electron chi connectivity index (χ3n) is 1.74. The predicted octanol–water partition coefficient (Wildman–Crippen LogP) is 1.99. The highest BCUT2D eigenvalue weighted by Crippen LogP contribution is 2.19. The van der Waals surface area contributed by atoms with Gasteiger partial charge >= 0.3 is 0 Å². The van der Waals surface area contributed by atoms with Crippen molar-refractivity contribution in [3.05, 3.63) is 28.6 Å². The fraction of sp³-hybridized carbons (Fsp3) is 0.125. The molecule has 0 aliphatic rings. The number of aromatic nitrogens is 2. The van der Waals surface area contributed by atoms with Gasteiger partial charge in [0.2, 0.25) is 0 Å². The molecule has 0 aliphatic heterocycles. The minimum absolute atomic E-state index is 0.737. The van der Waals surface area contributed by atoms with Crippen molar-refractivity contribution in [3.63, 3.8) is 0 Å². The summed E-state index contributed by atoms with van der Waals surface area (Å²) >= 11 is 3.43. The van der Waals surface area contributed by atoms with Gasteiger partial charge in [-0.1, -0.05) is 0 Å². The van der Waals surface area contributed by atoms with E-state index in [9.17, 15) is 0 Å². The molecule has 2 aromatic rings. The van der Waals surface area contributed by atoms with Crippen LogP contribution in [0.3, 0.4) is 0 Å². The third kappa shape index (κ3) is 0.992. The van der Waals surface area contributed by atoms with E-state index in [1.807, 2.05) is 29.7 Å². The summed E-state index contributed by atoms with van der Waals surface area (Å²) in [4.78, 5) is 4.31. The molecule has 0 unspecified atom stereocenters. The summed E-state index contributed by atoms with van der Waals surface area (Å²) in [6.07, 6.45) is 1.85. The lowest BCUT2D eigenvalue weighted by Gasteiger charge is -1.95. The van der Waals surface area contributed by atoms with Crippen LogP contribution >= 0.6 is 15.9 Å². The summed E-state index contributed by atoms with van der Waals surface area (Å²) in [6.45, 7) is 1.95. The average molecular weight is 226 g/mol. The van der Waals surface area contributed by atoms with Crippen LogP contribution in [0.1, 0.15) is 5.69 Å². The van der Waals surface area contributed by atoms with Crippen LogP contribution in [0.4, 0.5) is 5.69 Å². The van der Waals surface area contributed by atoms with Crippen LogP contribution < -0.4 is 5.73 Å². The first-order chi connectivity index (χ1) is 5.68. The van der Waals surface area contributed by atoms with Gasteiger partial charge in [0.05, 0.1) is 5.69 Å². The number of halogens is 1. The number of aryl methyl sites for hydroxylation is 1. The van der Waals surface area contributed by atoms with Crippen molar-refractivity contribution in [2.45, 2.75) is 6.92 Å². The van der Waals surface area contributed by atoms with Crippen molar-refractivity contribution in [2.75, 3.05) is 5.73 Å². The molecule has 0 atom stereocenters. The molecule has 0 spiro atoms.